The summed E-state index contributed by atoms with van der Waals surface area (Å²) in [6.07, 6.45) is 0.681. The predicted molar refractivity (Wildman–Crippen MR) is 107 cm³/mol. The van der Waals surface area contributed by atoms with Crippen LogP contribution >= 0.6 is 34.5 Å². The van der Waals surface area contributed by atoms with Crippen LogP contribution in [0.4, 0.5) is 5.13 Å². The van der Waals surface area contributed by atoms with Crippen molar-refractivity contribution < 1.29 is 9.53 Å². The van der Waals surface area contributed by atoms with E-state index in [9.17, 15) is 4.79 Å². The summed E-state index contributed by atoms with van der Waals surface area (Å²) in [5, 5.41) is 4.66. The van der Waals surface area contributed by atoms with Crippen molar-refractivity contribution in [2.75, 3.05) is 11.9 Å². The third-order valence-electron chi connectivity index (χ3n) is 3.63. The second-order valence-electron chi connectivity index (χ2n) is 5.59. The first kappa shape index (κ1) is 18.7. The van der Waals surface area contributed by atoms with Crippen molar-refractivity contribution in [3.8, 4) is 5.75 Å². The number of thiazole rings is 1. The summed E-state index contributed by atoms with van der Waals surface area (Å²) in [4.78, 5) is 17.5. The van der Waals surface area contributed by atoms with Crippen LogP contribution in [-0.4, -0.2) is 17.5 Å². The average molecular weight is 407 g/mol. The Kier molecular flexibility index (Phi) is 6.14. The van der Waals surface area contributed by atoms with Gasteiger partial charge < -0.3 is 4.74 Å². The van der Waals surface area contributed by atoms with Crippen LogP contribution in [-0.2, 0) is 11.2 Å². The highest BCUT2D eigenvalue weighted by Crippen LogP contribution is 2.27. The quantitative estimate of drug-likeness (QED) is 0.598. The first-order valence-corrected chi connectivity index (χ1v) is 9.46. The number of halogens is 2. The summed E-state index contributed by atoms with van der Waals surface area (Å²) in [7, 11) is 0. The fourth-order valence-electron chi connectivity index (χ4n) is 2.30. The maximum absolute atomic E-state index is 12.1. The standard InChI is InChI=1S/C19H16Cl2N2O2S/c1-12-17(10-13-4-2-3-5-16(13)21)26-19(22-12)23-18(24)11-25-15-8-6-14(20)7-9-15/h2-9H,10-11H2,1H3,(H,22,23,24). The first-order valence-electron chi connectivity index (χ1n) is 7.89. The van der Waals surface area contributed by atoms with Crippen molar-refractivity contribution in [3.05, 3.63) is 74.7 Å². The van der Waals surface area contributed by atoms with E-state index in [0.29, 0.717) is 22.3 Å². The van der Waals surface area contributed by atoms with E-state index < -0.39 is 0 Å². The SMILES string of the molecule is Cc1nc(NC(=O)COc2ccc(Cl)cc2)sc1Cc1ccccc1Cl. The molecule has 1 N–H and O–H groups in total. The third-order valence-corrected chi connectivity index (χ3v) is 5.32. The molecule has 0 fully saturated rings. The van der Waals surface area contributed by atoms with Gasteiger partial charge in [-0.25, -0.2) is 4.98 Å². The number of ether oxygens (including phenoxy) is 1. The zero-order valence-corrected chi connectivity index (χ0v) is 16.3. The maximum atomic E-state index is 12.1. The molecule has 0 bridgehead atoms. The van der Waals surface area contributed by atoms with Gasteiger partial charge in [-0.1, -0.05) is 41.4 Å². The topological polar surface area (TPSA) is 51.2 Å². The highest BCUT2D eigenvalue weighted by molar-refractivity contribution is 7.15. The van der Waals surface area contributed by atoms with Gasteiger partial charge in [0.15, 0.2) is 11.7 Å². The molecule has 26 heavy (non-hydrogen) atoms. The Morgan fingerprint density at radius 3 is 2.62 bits per heavy atom. The Labute approximate surface area is 165 Å². The van der Waals surface area contributed by atoms with E-state index >= 15 is 0 Å². The Morgan fingerprint density at radius 1 is 1.15 bits per heavy atom. The third kappa shape index (κ3) is 4.97. The van der Waals surface area contributed by atoms with E-state index in [1.807, 2.05) is 31.2 Å². The van der Waals surface area contributed by atoms with Gasteiger partial charge in [0, 0.05) is 21.3 Å². The fourth-order valence-corrected chi connectivity index (χ4v) is 3.63. The average Bonchev–Trinajstić information content (AvgIpc) is 2.95. The van der Waals surface area contributed by atoms with Gasteiger partial charge in [-0.05, 0) is 42.8 Å². The number of carbonyl (C=O) groups excluding carboxylic acids is 1. The predicted octanol–water partition coefficient (Wildman–Crippen LogP) is 5.37. The van der Waals surface area contributed by atoms with Crippen molar-refractivity contribution >= 4 is 45.6 Å². The van der Waals surface area contributed by atoms with Crippen LogP contribution in [0.3, 0.4) is 0 Å². The number of carbonyl (C=O) groups is 1. The highest BCUT2D eigenvalue weighted by atomic mass is 35.5. The molecule has 3 rings (SSSR count). The Morgan fingerprint density at radius 2 is 1.88 bits per heavy atom. The number of nitrogens with zero attached hydrogens (tertiary/aromatic N) is 1. The summed E-state index contributed by atoms with van der Waals surface area (Å²) < 4.78 is 5.43. The number of aromatic nitrogens is 1. The van der Waals surface area contributed by atoms with Gasteiger partial charge in [0.2, 0.25) is 0 Å². The molecule has 0 atom stereocenters. The van der Waals surface area contributed by atoms with Crippen LogP contribution in [0.15, 0.2) is 48.5 Å². The van der Waals surface area contributed by atoms with Gasteiger partial charge in [-0.2, -0.15) is 0 Å². The lowest BCUT2D eigenvalue weighted by Gasteiger charge is -2.05. The highest BCUT2D eigenvalue weighted by Gasteiger charge is 2.12. The number of rotatable bonds is 6. The lowest BCUT2D eigenvalue weighted by Crippen LogP contribution is -2.20. The molecule has 4 nitrogen and oxygen atoms in total. The Hall–Kier alpha value is -2.08. The van der Waals surface area contributed by atoms with Crippen LogP contribution in [0.5, 0.6) is 5.75 Å². The molecular weight excluding hydrogens is 391 g/mol. The number of hydrogen-bond acceptors (Lipinski definition) is 4. The summed E-state index contributed by atoms with van der Waals surface area (Å²) in [6, 6.07) is 14.5. The van der Waals surface area contributed by atoms with Gasteiger partial charge in [-0.15, -0.1) is 11.3 Å². The van der Waals surface area contributed by atoms with Crippen molar-refractivity contribution in [2.45, 2.75) is 13.3 Å². The molecule has 0 saturated heterocycles. The van der Waals surface area contributed by atoms with Crippen LogP contribution in [0.1, 0.15) is 16.1 Å². The molecule has 134 valence electrons. The lowest BCUT2D eigenvalue weighted by atomic mass is 10.1. The Balaban J connectivity index is 1.59. The Bertz CT molecular complexity index is 910. The zero-order chi connectivity index (χ0) is 18.5. The number of amides is 1. The van der Waals surface area contributed by atoms with Crippen molar-refractivity contribution in [3.63, 3.8) is 0 Å². The van der Waals surface area contributed by atoms with E-state index in [2.05, 4.69) is 10.3 Å². The number of hydrogen-bond donors (Lipinski definition) is 1. The van der Waals surface area contributed by atoms with E-state index in [1.165, 1.54) is 11.3 Å². The molecule has 7 heteroatoms. The lowest BCUT2D eigenvalue weighted by molar-refractivity contribution is -0.118. The zero-order valence-electron chi connectivity index (χ0n) is 14.0. The molecule has 0 unspecified atom stereocenters. The molecule has 1 aromatic heterocycles. The van der Waals surface area contributed by atoms with Crippen molar-refractivity contribution in [1.82, 2.24) is 4.98 Å². The molecule has 0 spiro atoms. The summed E-state index contributed by atoms with van der Waals surface area (Å²) >= 11 is 13.5. The molecule has 1 amide bonds. The minimum Gasteiger partial charge on any atom is -0.484 e. The number of nitrogens with one attached hydrogen (secondary N) is 1. The largest absolute Gasteiger partial charge is 0.484 e. The van der Waals surface area contributed by atoms with E-state index in [4.69, 9.17) is 27.9 Å². The molecular formula is C19H16Cl2N2O2S. The number of benzene rings is 2. The molecule has 2 aromatic carbocycles. The van der Waals surface area contributed by atoms with Crippen molar-refractivity contribution in [2.24, 2.45) is 0 Å². The second kappa shape index (κ2) is 8.54. The van der Waals surface area contributed by atoms with Gasteiger partial charge in [0.1, 0.15) is 5.75 Å². The monoisotopic (exact) mass is 406 g/mol. The molecule has 0 saturated carbocycles. The van der Waals surface area contributed by atoms with Crippen LogP contribution in [0.2, 0.25) is 10.0 Å². The fraction of sp³-hybridized carbons (Fsp3) is 0.158. The van der Waals surface area contributed by atoms with Crippen LogP contribution in [0, 0.1) is 6.92 Å². The number of anilines is 1. The molecule has 0 aliphatic carbocycles. The summed E-state index contributed by atoms with van der Waals surface area (Å²) in [6.45, 7) is 1.82. The van der Waals surface area contributed by atoms with Gasteiger partial charge in [0.25, 0.3) is 5.91 Å². The van der Waals surface area contributed by atoms with Crippen LogP contribution < -0.4 is 10.1 Å². The van der Waals surface area contributed by atoms with Gasteiger partial charge in [-0.3, -0.25) is 10.1 Å². The molecule has 3 aromatic rings. The van der Waals surface area contributed by atoms with E-state index in [-0.39, 0.29) is 12.5 Å². The summed E-state index contributed by atoms with van der Waals surface area (Å²) in [5.41, 5.74) is 1.91. The van der Waals surface area contributed by atoms with Gasteiger partial charge in [0.05, 0.1) is 5.69 Å². The van der Waals surface area contributed by atoms with E-state index in [0.717, 1.165) is 21.2 Å². The second-order valence-corrected chi connectivity index (χ2v) is 7.51. The molecule has 0 aliphatic heterocycles. The molecule has 0 aliphatic rings. The van der Waals surface area contributed by atoms with Crippen molar-refractivity contribution in [1.29, 1.82) is 0 Å². The number of aryl methyl sites for hydroxylation is 1. The maximum Gasteiger partial charge on any atom is 0.264 e. The smallest absolute Gasteiger partial charge is 0.264 e. The molecule has 1 heterocycles. The van der Waals surface area contributed by atoms with Gasteiger partial charge >= 0.3 is 0 Å². The van der Waals surface area contributed by atoms with E-state index in [1.54, 1.807) is 24.3 Å². The normalized spacial score (nSPS) is 10.6. The van der Waals surface area contributed by atoms with Crippen LogP contribution in [0.25, 0.3) is 0 Å². The summed E-state index contributed by atoms with van der Waals surface area (Å²) in [5.74, 6) is 0.317. The molecule has 0 radical (unpaired) electrons. The minimum atomic E-state index is -0.266. The first-order chi connectivity index (χ1) is 12.5. The minimum absolute atomic E-state index is 0.0971.